The minimum Gasteiger partial charge on any atom is -0.378 e. The van der Waals surface area contributed by atoms with Crippen LogP contribution in [0.25, 0.3) is 0 Å². The Morgan fingerprint density at radius 1 is 1.25 bits per heavy atom. The van der Waals surface area contributed by atoms with Gasteiger partial charge in [-0.25, -0.2) is 0 Å². The van der Waals surface area contributed by atoms with Crippen molar-refractivity contribution in [3.8, 4) is 0 Å². The van der Waals surface area contributed by atoms with Crippen molar-refractivity contribution >= 4 is 0 Å². The van der Waals surface area contributed by atoms with Gasteiger partial charge in [-0.15, -0.1) is 0 Å². The molecule has 0 spiro atoms. The Bertz CT molecular complexity index is 431. The van der Waals surface area contributed by atoms with E-state index in [1.807, 2.05) is 19.9 Å². The van der Waals surface area contributed by atoms with Crippen LogP contribution >= 0.6 is 0 Å². The predicted octanol–water partition coefficient (Wildman–Crippen LogP) is 5.55. The summed E-state index contributed by atoms with van der Waals surface area (Å²) in [5.74, 6) is 0. The quantitative estimate of drug-likeness (QED) is 0.523. The van der Waals surface area contributed by atoms with Gasteiger partial charge in [0.25, 0.3) is 0 Å². The van der Waals surface area contributed by atoms with Crippen molar-refractivity contribution < 1.29 is 0 Å². The SMILES string of the molecule is C=C/C=C\C1=C(C)C(=C/C(C)(C)/C=C\C)/C(C)N1.CC. The molecule has 1 heterocycles. The minimum absolute atomic E-state index is 0.0961. The van der Waals surface area contributed by atoms with Gasteiger partial charge in [0.2, 0.25) is 0 Å². The molecule has 1 aliphatic rings. The number of allylic oxidation sites excluding steroid dienone is 6. The fourth-order valence-electron chi connectivity index (χ4n) is 2.35. The first-order chi connectivity index (χ1) is 9.41. The van der Waals surface area contributed by atoms with E-state index >= 15 is 0 Å². The molecule has 1 unspecified atom stereocenters. The van der Waals surface area contributed by atoms with Gasteiger partial charge >= 0.3 is 0 Å². The maximum atomic E-state index is 3.71. The zero-order valence-corrected chi connectivity index (χ0v) is 14.2. The van der Waals surface area contributed by atoms with Gasteiger partial charge in [0, 0.05) is 17.2 Å². The summed E-state index contributed by atoms with van der Waals surface area (Å²) in [5, 5.41) is 3.51. The third-order valence-corrected chi connectivity index (χ3v) is 3.20. The number of rotatable bonds is 4. The summed E-state index contributed by atoms with van der Waals surface area (Å²) in [6, 6.07) is 0.374. The van der Waals surface area contributed by atoms with Crippen LogP contribution < -0.4 is 5.32 Å². The molecule has 112 valence electrons. The van der Waals surface area contributed by atoms with Crippen molar-refractivity contribution in [2.24, 2.45) is 5.41 Å². The Kier molecular flexibility index (Phi) is 7.98. The van der Waals surface area contributed by atoms with Crippen molar-refractivity contribution in [2.75, 3.05) is 0 Å². The lowest BCUT2D eigenvalue weighted by Gasteiger charge is -2.18. The third kappa shape index (κ3) is 5.24. The van der Waals surface area contributed by atoms with E-state index in [9.17, 15) is 0 Å². The van der Waals surface area contributed by atoms with E-state index in [4.69, 9.17) is 0 Å². The molecule has 0 saturated heterocycles. The van der Waals surface area contributed by atoms with Crippen LogP contribution in [0.5, 0.6) is 0 Å². The number of hydrogen-bond donors (Lipinski definition) is 1. The van der Waals surface area contributed by atoms with Gasteiger partial charge < -0.3 is 5.32 Å². The molecule has 0 aromatic rings. The molecule has 20 heavy (non-hydrogen) atoms. The summed E-state index contributed by atoms with van der Waals surface area (Å²) in [5.41, 5.74) is 4.02. The molecule has 0 bridgehead atoms. The standard InChI is InChI=1S/C17H25N.C2H6/c1-7-9-10-16-13(3)15(14(4)18-16)12-17(5,6)11-8-2;1-2/h7-12,14,18H,1H2,2-6H3;1-2H3/b10-9-,11-8-,15-12-;. The lowest BCUT2D eigenvalue weighted by molar-refractivity contribution is 0.611. The molecular weight excluding hydrogens is 242 g/mol. The largest absolute Gasteiger partial charge is 0.378 e. The fraction of sp³-hybridized carbons (Fsp3) is 0.474. The first-order valence-corrected chi connectivity index (χ1v) is 7.54. The highest BCUT2D eigenvalue weighted by Gasteiger charge is 2.23. The van der Waals surface area contributed by atoms with Crippen LogP contribution in [0.2, 0.25) is 0 Å². The molecule has 1 heteroatoms. The summed E-state index contributed by atoms with van der Waals surface area (Å²) in [6.07, 6.45) is 12.6. The van der Waals surface area contributed by atoms with Crippen LogP contribution in [-0.2, 0) is 0 Å². The Morgan fingerprint density at radius 3 is 2.35 bits per heavy atom. The van der Waals surface area contributed by atoms with Crippen LogP contribution in [0.4, 0.5) is 0 Å². The highest BCUT2D eigenvalue weighted by atomic mass is 14.9. The van der Waals surface area contributed by atoms with Gasteiger partial charge in [-0.2, -0.15) is 0 Å². The third-order valence-electron chi connectivity index (χ3n) is 3.20. The Hall–Kier alpha value is -1.50. The first kappa shape index (κ1) is 18.5. The molecule has 1 rings (SSSR count). The molecule has 0 aromatic carbocycles. The maximum Gasteiger partial charge on any atom is 0.0486 e. The van der Waals surface area contributed by atoms with E-state index in [-0.39, 0.29) is 5.41 Å². The molecule has 1 N–H and O–H groups in total. The van der Waals surface area contributed by atoms with E-state index in [0.29, 0.717) is 6.04 Å². The van der Waals surface area contributed by atoms with Crippen molar-refractivity contribution in [3.05, 3.63) is 59.9 Å². The zero-order chi connectivity index (χ0) is 15.8. The van der Waals surface area contributed by atoms with E-state index in [0.717, 1.165) is 0 Å². The van der Waals surface area contributed by atoms with E-state index in [1.165, 1.54) is 16.8 Å². The molecule has 0 fully saturated rings. The fourth-order valence-corrected chi connectivity index (χ4v) is 2.35. The first-order valence-electron chi connectivity index (χ1n) is 7.54. The summed E-state index contributed by atoms with van der Waals surface area (Å²) >= 11 is 0. The molecule has 0 aliphatic carbocycles. The average molecular weight is 273 g/mol. The van der Waals surface area contributed by atoms with Gasteiger partial charge in [-0.3, -0.25) is 0 Å². The molecule has 1 atom stereocenters. The molecule has 0 aromatic heterocycles. The maximum absolute atomic E-state index is 3.71. The van der Waals surface area contributed by atoms with E-state index in [2.05, 4.69) is 70.8 Å². The average Bonchev–Trinajstić information content (AvgIpc) is 2.66. The van der Waals surface area contributed by atoms with Gasteiger partial charge in [-0.1, -0.05) is 64.7 Å². The lowest BCUT2D eigenvalue weighted by Crippen LogP contribution is -2.20. The minimum atomic E-state index is 0.0961. The number of hydrogen-bond acceptors (Lipinski definition) is 1. The Labute approximate surface area is 125 Å². The molecular formula is C19H31N. The second-order valence-electron chi connectivity index (χ2n) is 5.42. The molecule has 0 saturated carbocycles. The normalized spacial score (nSPS) is 21.4. The highest BCUT2D eigenvalue weighted by Crippen LogP contribution is 2.31. The predicted molar refractivity (Wildman–Crippen MR) is 92.7 cm³/mol. The molecule has 0 radical (unpaired) electrons. The van der Waals surface area contributed by atoms with Gasteiger partial charge in [0.1, 0.15) is 0 Å². The number of nitrogens with one attached hydrogen (secondary N) is 1. The van der Waals surface area contributed by atoms with Crippen molar-refractivity contribution in [1.82, 2.24) is 5.32 Å². The van der Waals surface area contributed by atoms with Gasteiger partial charge in [0.15, 0.2) is 0 Å². The van der Waals surface area contributed by atoms with Crippen molar-refractivity contribution in [1.29, 1.82) is 0 Å². The van der Waals surface area contributed by atoms with E-state index < -0.39 is 0 Å². The smallest absolute Gasteiger partial charge is 0.0486 e. The zero-order valence-electron chi connectivity index (χ0n) is 14.2. The highest BCUT2D eigenvalue weighted by molar-refractivity contribution is 5.48. The Morgan fingerprint density at radius 2 is 1.85 bits per heavy atom. The van der Waals surface area contributed by atoms with Crippen LogP contribution in [0.15, 0.2) is 59.9 Å². The van der Waals surface area contributed by atoms with Crippen LogP contribution in [-0.4, -0.2) is 6.04 Å². The van der Waals surface area contributed by atoms with Gasteiger partial charge in [0.05, 0.1) is 0 Å². The van der Waals surface area contributed by atoms with E-state index in [1.54, 1.807) is 6.08 Å². The molecule has 1 aliphatic heterocycles. The summed E-state index contributed by atoms with van der Waals surface area (Å²) in [7, 11) is 0. The lowest BCUT2D eigenvalue weighted by atomic mass is 9.87. The summed E-state index contributed by atoms with van der Waals surface area (Å²) in [6.45, 7) is 18.6. The monoisotopic (exact) mass is 273 g/mol. The van der Waals surface area contributed by atoms with Crippen molar-refractivity contribution in [2.45, 2.75) is 54.5 Å². The summed E-state index contributed by atoms with van der Waals surface area (Å²) in [4.78, 5) is 0. The second kappa shape index (κ2) is 8.63. The van der Waals surface area contributed by atoms with Crippen LogP contribution in [0.1, 0.15) is 48.5 Å². The van der Waals surface area contributed by atoms with Crippen LogP contribution in [0.3, 0.4) is 0 Å². The second-order valence-corrected chi connectivity index (χ2v) is 5.42. The molecule has 0 amide bonds. The topological polar surface area (TPSA) is 12.0 Å². The van der Waals surface area contributed by atoms with Crippen molar-refractivity contribution in [3.63, 3.8) is 0 Å². The molecule has 1 nitrogen and oxygen atoms in total. The van der Waals surface area contributed by atoms with Gasteiger partial charge in [-0.05, 0) is 38.0 Å². The van der Waals surface area contributed by atoms with Crippen LogP contribution in [0, 0.1) is 5.41 Å². The Balaban J connectivity index is 0.00000172. The summed E-state index contributed by atoms with van der Waals surface area (Å²) < 4.78 is 0.